The fraction of sp³-hybridized carbons (Fsp3) is 0.976. The summed E-state index contributed by atoms with van der Waals surface area (Å²) >= 11 is 0. The van der Waals surface area contributed by atoms with E-state index in [9.17, 15) is 13.7 Å². The minimum Gasteiger partial charge on any atom is -0.338 e. The standard InChI is InChI=1S/C42H93O16P7/c1-16-39(65(47,58-27-12)59-28-13)41(63(45,54-23-8)55-24-9)35-36-42(64(46,56-25-10)57-26-11)40(60(15,48-17-2)49-18-3)32-30-29-31-38(62(44,52-21-6)53-22-7)34-33-37(14)61(43,50-19-4)51-20-5/h37-42,59H,15-36H2,1-14H3. The molecule has 0 bridgehead atoms. The smallest absolute Gasteiger partial charge is 0.334 e. The van der Waals surface area contributed by atoms with Gasteiger partial charge in [0.25, 0.3) is 0 Å². The SMILES string of the molecule is C=P(OCC)(OCC)C(CCCCC(CCC(C)P(=O)(OCC)OCC)P(=O)(OCC)OCC)C(CCC(C(CC)P(=O)(OCC)PCC)P(=O)(OCC)OCC)P(=O)(OCC)OCC. The van der Waals surface area contributed by atoms with Gasteiger partial charge < -0.3 is 49.8 Å². The second kappa shape index (κ2) is 34.7. The van der Waals surface area contributed by atoms with Crippen molar-refractivity contribution in [1.82, 2.24) is 0 Å². The maximum absolute atomic E-state index is 15.4. The lowest BCUT2D eigenvalue weighted by atomic mass is 10.0. The second-order valence-electron chi connectivity index (χ2n) is 15.2. The molecule has 0 aliphatic carbocycles. The fourth-order valence-corrected chi connectivity index (χ4v) is 28.1. The van der Waals surface area contributed by atoms with E-state index in [4.69, 9.17) is 49.8 Å². The van der Waals surface area contributed by atoms with Gasteiger partial charge in [0.05, 0.1) is 101 Å². The summed E-state index contributed by atoms with van der Waals surface area (Å²) in [5.74, 6) is 0. The Hall–Kier alpha value is 1.44. The molecule has 0 aliphatic heterocycles. The lowest BCUT2D eigenvalue weighted by molar-refractivity contribution is 0.197. The van der Waals surface area contributed by atoms with Crippen LogP contribution in [0, 0.1) is 0 Å². The summed E-state index contributed by atoms with van der Waals surface area (Å²) in [6.07, 6.45) is 8.57. The number of hydrogen-bond acceptors (Lipinski definition) is 16. The van der Waals surface area contributed by atoms with Crippen LogP contribution >= 0.6 is 53.0 Å². The van der Waals surface area contributed by atoms with Gasteiger partial charge in [-0.25, -0.2) is 0 Å². The van der Waals surface area contributed by atoms with Crippen molar-refractivity contribution < 1.29 is 72.6 Å². The van der Waals surface area contributed by atoms with E-state index in [2.05, 4.69) is 6.30 Å². The van der Waals surface area contributed by atoms with Crippen LogP contribution in [-0.2, 0) is 72.6 Å². The van der Waals surface area contributed by atoms with Crippen molar-refractivity contribution >= 4 is 59.3 Å². The molecule has 0 heterocycles. The predicted octanol–water partition coefficient (Wildman–Crippen LogP) is 15.1. The summed E-state index contributed by atoms with van der Waals surface area (Å²) in [6, 6.07) is 0. The molecule has 0 spiro atoms. The van der Waals surface area contributed by atoms with Gasteiger partial charge in [-0.05, 0) is 136 Å². The van der Waals surface area contributed by atoms with Gasteiger partial charge in [-0.3, -0.25) is 22.8 Å². The Kier molecular flexibility index (Phi) is 35.5. The van der Waals surface area contributed by atoms with Crippen LogP contribution < -0.4 is 0 Å². The number of unbranched alkanes of at least 4 members (excludes halogenated alkanes) is 1. The maximum atomic E-state index is 15.4. The van der Waals surface area contributed by atoms with Gasteiger partial charge in [-0.1, -0.05) is 39.9 Å². The summed E-state index contributed by atoms with van der Waals surface area (Å²) in [7, 11) is -21.5. The molecule has 0 saturated carbocycles. The molecule has 0 saturated heterocycles. The van der Waals surface area contributed by atoms with Crippen molar-refractivity contribution in [1.29, 1.82) is 0 Å². The largest absolute Gasteiger partial charge is 0.338 e. The number of hydrogen-bond donors (Lipinski definition) is 0. The normalized spacial score (nSPS) is 17.3. The monoisotopic (exact) mass is 1070 g/mol. The van der Waals surface area contributed by atoms with E-state index in [1.54, 1.807) is 62.3 Å². The van der Waals surface area contributed by atoms with Gasteiger partial charge >= 0.3 is 30.4 Å². The first-order valence-electron chi connectivity index (χ1n) is 24.3. The van der Waals surface area contributed by atoms with Crippen molar-refractivity contribution in [2.24, 2.45) is 0 Å². The average Bonchev–Trinajstić information content (AvgIpc) is 3.23. The van der Waals surface area contributed by atoms with Crippen LogP contribution in [0.1, 0.15) is 155 Å². The van der Waals surface area contributed by atoms with E-state index in [-0.39, 0.29) is 93.8 Å². The summed E-state index contributed by atoms with van der Waals surface area (Å²) in [5, 5.41) is 0. The molecule has 0 aliphatic rings. The molecule has 0 aromatic rings. The average molecular weight is 1070 g/mol. The molecule has 0 radical (unpaired) electrons. The van der Waals surface area contributed by atoms with Gasteiger partial charge in [0, 0.05) is 5.66 Å². The molecule has 0 amide bonds. The Bertz CT molecular complexity index is 1490. The fourth-order valence-electron chi connectivity index (χ4n) is 8.41. The van der Waals surface area contributed by atoms with E-state index in [1.165, 1.54) is 0 Å². The molecular weight excluding hydrogens is 977 g/mol. The van der Waals surface area contributed by atoms with E-state index in [0.29, 0.717) is 51.1 Å². The quantitative estimate of drug-likeness (QED) is 0.0414. The third-order valence-corrected chi connectivity index (χ3v) is 31.6. The molecule has 0 fully saturated rings. The molecular formula is C42H93O16P7. The molecule has 16 nitrogen and oxygen atoms in total. The lowest BCUT2D eigenvalue weighted by Crippen LogP contribution is -2.34. The molecule has 392 valence electrons. The molecule has 0 N–H and O–H groups in total. The third-order valence-electron chi connectivity index (χ3n) is 10.9. The van der Waals surface area contributed by atoms with Gasteiger partial charge in [-0.2, -0.15) is 0 Å². The van der Waals surface area contributed by atoms with Crippen LogP contribution in [0.15, 0.2) is 0 Å². The van der Waals surface area contributed by atoms with E-state index in [0.717, 1.165) is 0 Å². The van der Waals surface area contributed by atoms with Gasteiger partial charge in [0.1, 0.15) is 7.34 Å². The van der Waals surface area contributed by atoms with Gasteiger partial charge in [0.15, 0.2) is 0 Å². The van der Waals surface area contributed by atoms with E-state index in [1.807, 2.05) is 34.6 Å². The van der Waals surface area contributed by atoms with Crippen LogP contribution in [0.3, 0.4) is 0 Å². The summed E-state index contributed by atoms with van der Waals surface area (Å²) in [6.45, 7) is 27.3. The zero-order valence-corrected chi connectivity index (χ0v) is 49.1. The Labute approximate surface area is 398 Å². The highest BCUT2D eigenvalue weighted by molar-refractivity contribution is 8.23. The second-order valence-corrected chi connectivity index (χ2v) is 33.1. The number of rotatable bonds is 44. The van der Waals surface area contributed by atoms with E-state index >= 15 is 9.13 Å². The Balaban J connectivity index is 7.66. The first-order valence-corrected chi connectivity index (χ1v) is 36.4. The highest BCUT2D eigenvalue weighted by atomic mass is 32.1. The zero-order chi connectivity index (χ0) is 49.8. The highest BCUT2D eigenvalue weighted by Gasteiger charge is 2.52. The van der Waals surface area contributed by atoms with Crippen molar-refractivity contribution in [2.45, 2.75) is 189 Å². The van der Waals surface area contributed by atoms with Crippen LogP contribution in [0.4, 0.5) is 0 Å². The maximum Gasteiger partial charge on any atom is 0.334 e. The minimum atomic E-state index is -4.01. The zero-order valence-electron chi connectivity index (χ0n) is 42.7. The molecule has 23 heteroatoms. The predicted molar refractivity (Wildman–Crippen MR) is 274 cm³/mol. The Morgan fingerprint density at radius 2 is 0.738 bits per heavy atom. The molecule has 0 rings (SSSR count). The Morgan fingerprint density at radius 3 is 1.11 bits per heavy atom. The highest BCUT2D eigenvalue weighted by Crippen LogP contribution is 2.75. The topological polar surface area (TPSA) is 187 Å². The molecule has 8 unspecified atom stereocenters. The van der Waals surface area contributed by atoms with Crippen molar-refractivity contribution in [3.05, 3.63) is 0 Å². The Morgan fingerprint density at radius 1 is 0.385 bits per heavy atom. The van der Waals surface area contributed by atoms with Crippen LogP contribution in [0.5, 0.6) is 0 Å². The van der Waals surface area contributed by atoms with Crippen LogP contribution in [0.25, 0.3) is 0 Å². The van der Waals surface area contributed by atoms with Crippen molar-refractivity contribution in [2.75, 3.05) is 78.8 Å². The lowest BCUT2D eigenvalue weighted by Gasteiger charge is -2.41. The summed E-state index contributed by atoms with van der Waals surface area (Å²) in [4.78, 5) is 0. The first-order chi connectivity index (χ1) is 30.8. The van der Waals surface area contributed by atoms with Gasteiger partial charge in [-0.15, -0.1) is 0 Å². The van der Waals surface area contributed by atoms with Crippen LogP contribution in [-0.4, -0.2) is 119 Å². The third kappa shape index (κ3) is 20.8. The molecule has 65 heavy (non-hydrogen) atoms. The molecule has 0 aromatic heterocycles. The van der Waals surface area contributed by atoms with E-state index < -0.39 is 78.7 Å². The summed E-state index contributed by atoms with van der Waals surface area (Å²) < 4.78 is 140. The van der Waals surface area contributed by atoms with Crippen LogP contribution in [0.2, 0.25) is 0 Å². The van der Waals surface area contributed by atoms with Gasteiger partial charge in [0.2, 0.25) is 7.06 Å². The summed E-state index contributed by atoms with van der Waals surface area (Å²) in [5.41, 5.74) is -4.04. The molecule has 8 atom stereocenters. The van der Waals surface area contributed by atoms with Crippen molar-refractivity contribution in [3.8, 4) is 0 Å². The first kappa shape index (κ1) is 66.4. The minimum absolute atomic E-state index is 0.0218. The van der Waals surface area contributed by atoms with Crippen molar-refractivity contribution in [3.63, 3.8) is 0 Å². The molecule has 0 aromatic carbocycles.